The van der Waals surface area contributed by atoms with Crippen LogP contribution in [0.3, 0.4) is 0 Å². The first-order valence-electron chi connectivity index (χ1n) is 11.1. The third kappa shape index (κ3) is 6.09. The molecule has 1 saturated carbocycles. The molecular weight excluding hydrogens is 359 g/mol. The van der Waals surface area contributed by atoms with E-state index < -0.39 is 0 Å². The van der Waals surface area contributed by atoms with Gasteiger partial charge in [-0.05, 0) is 60.8 Å². The molecule has 2 aromatic carbocycles. The van der Waals surface area contributed by atoms with Crippen molar-refractivity contribution < 1.29 is 4.39 Å². The molecule has 2 nitrogen and oxygen atoms in total. The number of nitrogens with zero attached hydrogens (tertiary/aromatic N) is 2. The maximum absolute atomic E-state index is 13.1. The zero-order valence-corrected chi connectivity index (χ0v) is 17.7. The zero-order chi connectivity index (χ0) is 20.5. The van der Waals surface area contributed by atoms with Gasteiger partial charge in [0, 0.05) is 5.92 Å². The topological polar surface area (TPSA) is 24.7 Å². The van der Waals surface area contributed by atoms with Crippen LogP contribution >= 0.6 is 0 Å². The van der Waals surface area contributed by atoms with Crippen LogP contribution in [0.5, 0.6) is 0 Å². The zero-order valence-electron chi connectivity index (χ0n) is 17.7. The van der Waals surface area contributed by atoms with E-state index in [4.69, 9.17) is 0 Å². The van der Waals surface area contributed by atoms with Crippen molar-refractivity contribution in [2.45, 2.75) is 58.8 Å². The molecule has 1 aliphatic carbocycles. The number of hydrogen-bond donors (Lipinski definition) is 0. The molecule has 0 saturated heterocycles. The summed E-state index contributed by atoms with van der Waals surface area (Å²) >= 11 is 0. The molecule has 0 aliphatic heterocycles. The maximum atomic E-state index is 13.1. The maximum Gasteiger partial charge on any atom is 0.123 e. The van der Waals surface area contributed by atoms with Gasteiger partial charge >= 0.3 is 0 Å². The van der Waals surface area contributed by atoms with E-state index in [-0.39, 0.29) is 5.82 Å². The third-order valence-corrected chi connectivity index (χ3v) is 6.32. The molecule has 3 rings (SSSR count). The Labute approximate surface area is 175 Å². The highest BCUT2D eigenvalue weighted by Gasteiger charge is 2.29. The van der Waals surface area contributed by atoms with E-state index in [1.165, 1.54) is 57.1 Å². The van der Waals surface area contributed by atoms with Crippen LogP contribution in [-0.2, 0) is 0 Å². The van der Waals surface area contributed by atoms with Crippen molar-refractivity contribution in [3.8, 4) is 0 Å². The molecule has 0 aromatic heterocycles. The van der Waals surface area contributed by atoms with Crippen molar-refractivity contribution in [1.82, 2.24) is 0 Å². The molecule has 1 aliphatic rings. The summed E-state index contributed by atoms with van der Waals surface area (Å²) in [4.78, 5) is 0. The van der Waals surface area contributed by atoms with Gasteiger partial charge in [-0.3, -0.25) is 0 Å². The van der Waals surface area contributed by atoms with Gasteiger partial charge in [-0.1, -0.05) is 75.6 Å². The lowest BCUT2D eigenvalue weighted by atomic mass is 9.72. The second-order valence-electron chi connectivity index (χ2n) is 8.22. The van der Waals surface area contributed by atoms with Gasteiger partial charge in [0.25, 0.3) is 0 Å². The molecule has 0 radical (unpaired) electrons. The Morgan fingerprint density at radius 2 is 1.69 bits per heavy atom. The molecule has 154 valence electrons. The van der Waals surface area contributed by atoms with E-state index in [0.717, 1.165) is 28.7 Å². The highest BCUT2D eigenvalue weighted by Crippen LogP contribution is 2.38. The van der Waals surface area contributed by atoms with Crippen LogP contribution in [0.4, 0.5) is 4.39 Å². The van der Waals surface area contributed by atoms with E-state index in [0.29, 0.717) is 5.92 Å². The molecule has 1 fully saturated rings. The smallest absolute Gasteiger partial charge is 0.123 e. The number of hydrogen-bond acceptors (Lipinski definition) is 2. The van der Waals surface area contributed by atoms with Gasteiger partial charge < -0.3 is 0 Å². The fourth-order valence-corrected chi connectivity index (χ4v) is 4.70. The second-order valence-corrected chi connectivity index (χ2v) is 8.22. The highest BCUT2D eigenvalue weighted by atomic mass is 19.1. The van der Waals surface area contributed by atoms with E-state index >= 15 is 0 Å². The summed E-state index contributed by atoms with van der Waals surface area (Å²) in [7, 11) is 0. The summed E-state index contributed by atoms with van der Waals surface area (Å²) in [6, 6.07) is 16.8. The first kappa shape index (κ1) is 21.4. The molecule has 1 unspecified atom stereocenters. The third-order valence-electron chi connectivity index (χ3n) is 6.32. The Kier molecular flexibility index (Phi) is 8.15. The van der Waals surface area contributed by atoms with E-state index in [1.54, 1.807) is 18.3 Å². The molecule has 2 aromatic rings. The minimum atomic E-state index is -0.235. The number of halogens is 1. The summed E-state index contributed by atoms with van der Waals surface area (Å²) in [5.74, 6) is 1.95. The quantitative estimate of drug-likeness (QED) is 0.333. The first-order valence-corrected chi connectivity index (χ1v) is 11.1. The molecule has 3 heteroatoms. The monoisotopic (exact) mass is 392 g/mol. The highest BCUT2D eigenvalue weighted by molar-refractivity contribution is 6.02. The standard InChI is InChI=1S/C26H33FN2/c1-3-8-21(4-2)22-13-15-24(16-14-22)26(23-9-6-5-7-10-23)29-28-19-20-11-17-25(27)18-12-20/h5-7,9-12,17-19,21-22,24H,3-4,8,13-16H2,1-2H3/t21?,22-,24-. The van der Waals surface area contributed by atoms with Crippen LogP contribution < -0.4 is 0 Å². The fourth-order valence-electron chi connectivity index (χ4n) is 4.70. The molecule has 0 heterocycles. The van der Waals surface area contributed by atoms with Gasteiger partial charge in [0.05, 0.1) is 11.9 Å². The number of rotatable bonds is 8. The summed E-state index contributed by atoms with van der Waals surface area (Å²) in [5, 5.41) is 9.02. The van der Waals surface area contributed by atoms with Gasteiger partial charge in [0.15, 0.2) is 0 Å². The summed E-state index contributed by atoms with van der Waals surface area (Å²) < 4.78 is 13.1. The van der Waals surface area contributed by atoms with Crippen molar-refractivity contribution in [2.24, 2.45) is 28.0 Å². The van der Waals surface area contributed by atoms with Crippen LogP contribution in [0, 0.1) is 23.6 Å². The summed E-state index contributed by atoms with van der Waals surface area (Å²) in [6.45, 7) is 4.64. The van der Waals surface area contributed by atoms with Gasteiger partial charge in [-0.2, -0.15) is 10.2 Å². The van der Waals surface area contributed by atoms with Gasteiger partial charge in [-0.25, -0.2) is 4.39 Å². The van der Waals surface area contributed by atoms with Gasteiger partial charge in [0.2, 0.25) is 0 Å². The minimum Gasteiger partial charge on any atom is -0.207 e. The Bertz CT molecular complexity index is 787. The normalized spacial score (nSPS) is 21.4. The van der Waals surface area contributed by atoms with Gasteiger partial charge in [0.1, 0.15) is 5.82 Å². The molecule has 0 spiro atoms. The molecule has 0 amide bonds. The lowest BCUT2D eigenvalue weighted by Gasteiger charge is -2.34. The lowest BCUT2D eigenvalue weighted by molar-refractivity contribution is 0.212. The SMILES string of the molecule is CCCC(CC)[C@H]1CC[C@H](C(=NN=Cc2ccc(F)cc2)c2ccccc2)CC1. The van der Waals surface area contributed by atoms with Crippen LogP contribution in [0.1, 0.15) is 69.9 Å². The molecule has 29 heavy (non-hydrogen) atoms. The van der Waals surface area contributed by atoms with E-state index in [1.807, 2.05) is 6.07 Å². The first-order chi connectivity index (χ1) is 14.2. The molecule has 0 bridgehead atoms. The van der Waals surface area contributed by atoms with E-state index in [9.17, 15) is 4.39 Å². The summed E-state index contributed by atoms with van der Waals surface area (Å²) in [6.07, 6.45) is 10.6. The lowest BCUT2D eigenvalue weighted by Crippen LogP contribution is -2.26. The predicted molar refractivity (Wildman–Crippen MR) is 121 cm³/mol. The van der Waals surface area contributed by atoms with Crippen molar-refractivity contribution in [2.75, 3.05) is 0 Å². The average molecular weight is 393 g/mol. The largest absolute Gasteiger partial charge is 0.207 e. The van der Waals surface area contributed by atoms with Crippen LogP contribution in [0.25, 0.3) is 0 Å². The Morgan fingerprint density at radius 1 is 1.00 bits per heavy atom. The van der Waals surface area contributed by atoms with Crippen LogP contribution in [-0.4, -0.2) is 11.9 Å². The Hall–Kier alpha value is -2.29. The van der Waals surface area contributed by atoms with Crippen LogP contribution in [0.2, 0.25) is 0 Å². The average Bonchev–Trinajstić information content (AvgIpc) is 2.77. The molecule has 0 N–H and O–H groups in total. The number of benzene rings is 2. The molecular formula is C26H33FN2. The van der Waals surface area contributed by atoms with Crippen LogP contribution in [0.15, 0.2) is 64.8 Å². The fraction of sp³-hybridized carbons (Fsp3) is 0.462. The summed E-state index contributed by atoms with van der Waals surface area (Å²) in [5.41, 5.74) is 3.11. The van der Waals surface area contributed by atoms with Crippen molar-refractivity contribution in [1.29, 1.82) is 0 Å². The van der Waals surface area contributed by atoms with Crippen molar-refractivity contribution in [3.63, 3.8) is 0 Å². The Balaban J connectivity index is 1.74. The van der Waals surface area contributed by atoms with E-state index in [2.05, 4.69) is 48.3 Å². The molecule has 1 atom stereocenters. The van der Waals surface area contributed by atoms with Crippen molar-refractivity contribution >= 4 is 11.9 Å². The Morgan fingerprint density at radius 3 is 2.31 bits per heavy atom. The van der Waals surface area contributed by atoms with Crippen molar-refractivity contribution in [3.05, 3.63) is 71.5 Å². The minimum absolute atomic E-state index is 0.235. The van der Waals surface area contributed by atoms with Gasteiger partial charge in [-0.15, -0.1) is 0 Å². The second kappa shape index (κ2) is 11.0. The predicted octanol–water partition coefficient (Wildman–Crippen LogP) is 7.28.